The molecule has 6 nitrogen and oxygen atoms in total. The summed E-state index contributed by atoms with van der Waals surface area (Å²) in [5.41, 5.74) is 2.90. The van der Waals surface area contributed by atoms with E-state index in [1.807, 2.05) is 54.6 Å². The lowest BCUT2D eigenvalue weighted by atomic mass is 10.1. The predicted molar refractivity (Wildman–Crippen MR) is 101 cm³/mol. The molecule has 0 aliphatic carbocycles. The van der Waals surface area contributed by atoms with Gasteiger partial charge in [-0.1, -0.05) is 30.3 Å². The number of fused-ring (bicyclic) bond motifs is 1. The summed E-state index contributed by atoms with van der Waals surface area (Å²) in [6.07, 6.45) is 3.22. The van der Waals surface area contributed by atoms with Crippen LogP contribution in [-0.4, -0.2) is 31.1 Å². The molecule has 2 aromatic heterocycles. The van der Waals surface area contributed by atoms with E-state index in [0.29, 0.717) is 16.3 Å². The van der Waals surface area contributed by atoms with Gasteiger partial charge in [0.25, 0.3) is 0 Å². The van der Waals surface area contributed by atoms with Crippen molar-refractivity contribution in [2.75, 3.05) is 0 Å². The fourth-order valence-corrected chi connectivity index (χ4v) is 3.55. The van der Waals surface area contributed by atoms with Gasteiger partial charge in [0.2, 0.25) is 0 Å². The Labute approximate surface area is 153 Å². The Hall–Kier alpha value is -3.32. The molecule has 0 fully saturated rings. The Kier molecular flexibility index (Phi) is 4.28. The molecule has 7 heteroatoms. The summed E-state index contributed by atoms with van der Waals surface area (Å²) in [5, 5.41) is 18.6. The molecule has 0 unspecified atom stereocenters. The van der Waals surface area contributed by atoms with Gasteiger partial charge < -0.3 is 5.11 Å². The maximum absolute atomic E-state index is 11.3. The number of benzene rings is 2. The van der Waals surface area contributed by atoms with Crippen molar-refractivity contribution in [1.29, 1.82) is 0 Å². The number of aliphatic carboxylic acids is 1. The summed E-state index contributed by atoms with van der Waals surface area (Å²) in [7, 11) is 0. The highest BCUT2D eigenvalue weighted by Gasteiger charge is 2.13. The van der Waals surface area contributed by atoms with Crippen molar-refractivity contribution < 1.29 is 9.90 Å². The van der Waals surface area contributed by atoms with Crippen LogP contribution in [0.25, 0.3) is 27.6 Å². The van der Waals surface area contributed by atoms with E-state index in [9.17, 15) is 9.90 Å². The van der Waals surface area contributed by atoms with Gasteiger partial charge in [-0.3, -0.25) is 4.79 Å². The number of hydrogen-bond acceptors (Lipinski definition) is 5. The van der Waals surface area contributed by atoms with Crippen LogP contribution in [0.2, 0.25) is 0 Å². The number of carbonyl (C=O) groups is 1. The number of para-hydroxylation sites is 2. The first-order valence-corrected chi connectivity index (χ1v) is 8.77. The summed E-state index contributed by atoms with van der Waals surface area (Å²) < 4.78 is 1.02. The normalized spacial score (nSPS) is 11.8. The molecule has 0 aliphatic heterocycles. The van der Waals surface area contributed by atoms with Crippen LogP contribution in [0.4, 0.5) is 0 Å². The number of carboxylic acid groups (broad SMARTS) is 1. The van der Waals surface area contributed by atoms with Gasteiger partial charge in [-0.2, -0.15) is 9.90 Å². The summed E-state index contributed by atoms with van der Waals surface area (Å²) in [5.74, 6) is -0.911. The van der Waals surface area contributed by atoms with Gasteiger partial charge in [0.05, 0.1) is 28.5 Å². The molecule has 4 aromatic rings. The Morgan fingerprint density at radius 3 is 2.65 bits per heavy atom. The molecule has 0 bridgehead atoms. The monoisotopic (exact) mass is 362 g/mol. The summed E-state index contributed by atoms with van der Waals surface area (Å²) in [6.45, 7) is 0. The quantitative estimate of drug-likeness (QED) is 0.582. The highest BCUT2D eigenvalue weighted by Crippen LogP contribution is 2.30. The molecule has 0 aliphatic rings. The molecule has 0 atom stereocenters. The zero-order valence-electron chi connectivity index (χ0n) is 13.6. The van der Waals surface area contributed by atoms with Gasteiger partial charge in [-0.15, -0.1) is 16.4 Å². The molecular weight excluding hydrogens is 348 g/mol. The number of carboxylic acids is 1. The van der Waals surface area contributed by atoms with Crippen LogP contribution < -0.4 is 0 Å². The van der Waals surface area contributed by atoms with Crippen molar-refractivity contribution in [1.82, 2.24) is 20.0 Å². The van der Waals surface area contributed by atoms with Crippen LogP contribution in [0.5, 0.6) is 0 Å². The maximum Gasteiger partial charge on any atom is 0.307 e. The van der Waals surface area contributed by atoms with E-state index in [-0.39, 0.29) is 6.42 Å². The van der Waals surface area contributed by atoms with Crippen LogP contribution in [0.1, 0.15) is 17.1 Å². The van der Waals surface area contributed by atoms with Crippen molar-refractivity contribution in [3.8, 4) is 5.69 Å². The van der Waals surface area contributed by atoms with Gasteiger partial charge in [0.15, 0.2) is 0 Å². The molecule has 2 heterocycles. The van der Waals surface area contributed by atoms with E-state index in [4.69, 9.17) is 0 Å². The average molecular weight is 362 g/mol. The summed E-state index contributed by atoms with van der Waals surface area (Å²) in [4.78, 5) is 17.4. The molecule has 0 amide bonds. The van der Waals surface area contributed by atoms with E-state index in [2.05, 4.69) is 15.2 Å². The first-order chi connectivity index (χ1) is 12.7. The lowest BCUT2D eigenvalue weighted by Crippen LogP contribution is -1.99. The van der Waals surface area contributed by atoms with Gasteiger partial charge in [0, 0.05) is 5.57 Å². The van der Waals surface area contributed by atoms with Gasteiger partial charge >= 0.3 is 5.97 Å². The second-order valence-corrected chi connectivity index (χ2v) is 6.65. The zero-order valence-corrected chi connectivity index (χ0v) is 14.4. The molecule has 1 N–H and O–H groups in total. The second kappa shape index (κ2) is 6.89. The topological polar surface area (TPSA) is 80.9 Å². The fraction of sp³-hybridized carbons (Fsp3) is 0.0526. The van der Waals surface area contributed by atoms with Crippen LogP contribution >= 0.6 is 11.3 Å². The predicted octanol–water partition coefficient (Wildman–Crippen LogP) is 3.89. The number of nitrogens with zero attached hydrogens (tertiary/aromatic N) is 4. The van der Waals surface area contributed by atoms with E-state index in [0.717, 1.165) is 15.9 Å². The fourth-order valence-electron chi connectivity index (χ4n) is 2.57. The largest absolute Gasteiger partial charge is 0.481 e. The Morgan fingerprint density at radius 2 is 1.88 bits per heavy atom. The smallest absolute Gasteiger partial charge is 0.307 e. The average Bonchev–Trinajstić information content (AvgIpc) is 3.28. The molecule has 4 rings (SSSR count). The van der Waals surface area contributed by atoms with Crippen LogP contribution in [0.3, 0.4) is 0 Å². The summed E-state index contributed by atoms with van der Waals surface area (Å²) >= 11 is 1.47. The number of thiazole rings is 1. The Balaban J connectivity index is 1.72. The molecule has 2 aromatic carbocycles. The number of hydrogen-bond donors (Lipinski definition) is 1. The number of rotatable bonds is 5. The minimum atomic E-state index is -0.911. The molecule has 0 saturated heterocycles. The lowest BCUT2D eigenvalue weighted by molar-refractivity contribution is -0.135. The molecular formula is C19H14N4O2S. The van der Waals surface area contributed by atoms with E-state index in [1.165, 1.54) is 16.1 Å². The van der Waals surface area contributed by atoms with Crippen molar-refractivity contribution in [2.45, 2.75) is 6.42 Å². The zero-order chi connectivity index (χ0) is 17.9. The minimum Gasteiger partial charge on any atom is -0.481 e. The number of aromatic nitrogens is 4. The maximum atomic E-state index is 11.3. The van der Waals surface area contributed by atoms with Crippen LogP contribution in [-0.2, 0) is 4.79 Å². The third kappa shape index (κ3) is 3.38. The van der Waals surface area contributed by atoms with Crippen LogP contribution in [0.15, 0.2) is 60.8 Å². The van der Waals surface area contributed by atoms with E-state index >= 15 is 0 Å². The van der Waals surface area contributed by atoms with Crippen LogP contribution in [0, 0.1) is 0 Å². The first kappa shape index (κ1) is 16.2. The molecule has 128 valence electrons. The van der Waals surface area contributed by atoms with Crippen molar-refractivity contribution in [3.05, 3.63) is 71.5 Å². The van der Waals surface area contributed by atoms with E-state index < -0.39 is 5.97 Å². The third-order valence-electron chi connectivity index (χ3n) is 3.73. The standard InChI is InChI=1S/C19H14N4O2S/c24-18(25)11-13(19-21-16-8-4-5-9-17(16)26-19)10-14-12-20-23(22-14)15-6-2-1-3-7-15/h1-10,12H,11H2,(H,24,25)/b13-10-. The Bertz CT molecular complexity index is 1070. The molecule has 0 saturated carbocycles. The first-order valence-electron chi connectivity index (χ1n) is 7.95. The minimum absolute atomic E-state index is 0.127. The van der Waals surface area contributed by atoms with Crippen molar-refractivity contribution >= 4 is 39.2 Å². The molecule has 0 spiro atoms. The lowest BCUT2D eigenvalue weighted by Gasteiger charge is -2.00. The second-order valence-electron chi connectivity index (χ2n) is 5.62. The van der Waals surface area contributed by atoms with Gasteiger partial charge in [-0.25, -0.2) is 4.98 Å². The van der Waals surface area contributed by atoms with Gasteiger partial charge in [-0.05, 0) is 30.3 Å². The summed E-state index contributed by atoms with van der Waals surface area (Å²) in [6, 6.07) is 17.3. The third-order valence-corrected chi connectivity index (χ3v) is 4.84. The van der Waals surface area contributed by atoms with Crippen molar-refractivity contribution in [3.63, 3.8) is 0 Å². The van der Waals surface area contributed by atoms with Gasteiger partial charge in [0.1, 0.15) is 10.7 Å². The van der Waals surface area contributed by atoms with Crippen molar-refractivity contribution in [2.24, 2.45) is 0 Å². The van der Waals surface area contributed by atoms with E-state index in [1.54, 1.807) is 12.3 Å². The Morgan fingerprint density at radius 1 is 1.12 bits per heavy atom. The SMILES string of the molecule is O=C(O)C/C(=C/c1cnn(-c2ccccc2)n1)c1nc2ccccc2s1. The highest BCUT2D eigenvalue weighted by atomic mass is 32.1. The molecule has 0 radical (unpaired) electrons. The molecule has 26 heavy (non-hydrogen) atoms. The highest BCUT2D eigenvalue weighted by molar-refractivity contribution is 7.19.